The Kier molecular flexibility index (Phi) is 8.17. The van der Waals surface area contributed by atoms with Crippen molar-refractivity contribution in [1.29, 1.82) is 0 Å². The van der Waals surface area contributed by atoms with Crippen molar-refractivity contribution in [1.82, 2.24) is 15.3 Å². The largest absolute Gasteiger partial charge is 0.496 e. The first-order valence-electron chi connectivity index (χ1n) is 12.1. The lowest BCUT2D eigenvalue weighted by Gasteiger charge is -2.29. The summed E-state index contributed by atoms with van der Waals surface area (Å²) < 4.78 is 18.7. The molecule has 10 heteroatoms. The number of aliphatic imine (C=N–C) groups is 1. The molecule has 9 nitrogen and oxygen atoms in total. The molecule has 36 heavy (non-hydrogen) atoms. The first-order valence-corrected chi connectivity index (χ1v) is 12.1. The van der Waals surface area contributed by atoms with Gasteiger partial charge in [-0.1, -0.05) is 25.5 Å². The Morgan fingerprint density at radius 1 is 1.17 bits per heavy atom. The molecule has 0 unspecified atom stereocenters. The van der Waals surface area contributed by atoms with E-state index >= 15 is 0 Å². The van der Waals surface area contributed by atoms with Gasteiger partial charge in [0.2, 0.25) is 5.95 Å². The van der Waals surface area contributed by atoms with Gasteiger partial charge in [0.05, 0.1) is 7.11 Å². The van der Waals surface area contributed by atoms with E-state index in [4.69, 9.17) is 26.2 Å². The molecule has 0 amide bonds. The molecule has 1 saturated heterocycles. The molecule has 0 spiro atoms. The van der Waals surface area contributed by atoms with Crippen LogP contribution in [0.1, 0.15) is 30.0 Å². The topological polar surface area (TPSA) is 127 Å². The molecule has 190 valence electrons. The highest BCUT2D eigenvalue weighted by atomic mass is 19.1. The van der Waals surface area contributed by atoms with Crippen LogP contribution in [0.4, 0.5) is 27.7 Å². The minimum atomic E-state index is -0.279. The minimum Gasteiger partial charge on any atom is -0.496 e. The zero-order valence-corrected chi connectivity index (χ0v) is 20.7. The summed E-state index contributed by atoms with van der Waals surface area (Å²) in [5, 5.41) is 6.53. The Bertz CT molecular complexity index is 1210. The van der Waals surface area contributed by atoms with Gasteiger partial charge in [-0.2, -0.15) is 9.97 Å². The monoisotopic (exact) mass is 492 g/mol. The van der Waals surface area contributed by atoms with Gasteiger partial charge in [-0.05, 0) is 47.9 Å². The fourth-order valence-corrected chi connectivity index (χ4v) is 4.11. The molecule has 0 aliphatic carbocycles. The highest BCUT2D eigenvalue weighted by Gasteiger charge is 2.21. The van der Waals surface area contributed by atoms with Crippen LogP contribution in [0.3, 0.4) is 0 Å². The minimum absolute atomic E-state index is 0.227. The van der Waals surface area contributed by atoms with Crippen LogP contribution in [0.25, 0.3) is 0 Å². The molecule has 1 fully saturated rings. The second-order valence-corrected chi connectivity index (χ2v) is 8.60. The van der Waals surface area contributed by atoms with Crippen LogP contribution >= 0.6 is 0 Å². The lowest BCUT2D eigenvalue weighted by molar-refractivity contribution is 0.409. The second kappa shape index (κ2) is 11.7. The zero-order valence-electron chi connectivity index (χ0n) is 20.7. The zero-order chi connectivity index (χ0) is 25.5. The summed E-state index contributed by atoms with van der Waals surface area (Å²) in [6.07, 6.45) is 1.85. The van der Waals surface area contributed by atoms with Crippen LogP contribution in [-0.4, -0.2) is 49.1 Å². The molecule has 4 rings (SSSR count). The van der Waals surface area contributed by atoms with E-state index in [2.05, 4.69) is 27.4 Å². The van der Waals surface area contributed by atoms with E-state index in [1.54, 1.807) is 19.2 Å². The molecule has 0 bridgehead atoms. The van der Waals surface area contributed by atoms with Crippen molar-refractivity contribution in [3.8, 4) is 5.75 Å². The van der Waals surface area contributed by atoms with Crippen molar-refractivity contribution in [3.05, 3.63) is 65.0 Å². The average molecular weight is 493 g/mol. The number of aryl methyl sites for hydroxylation is 1. The quantitative estimate of drug-likeness (QED) is 0.265. The maximum Gasteiger partial charge on any atom is 0.227 e. The number of piperazine rings is 1. The Labute approximate surface area is 210 Å². The molecule has 1 aliphatic heterocycles. The molecule has 3 aromatic rings. The smallest absolute Gasteiger partial charge is 0.227 e. The summed E-state index contributed by atoms with van der Waals surface area (Å²) in [6, 6.07) is 12.1. The van der Waals surface area contributed by atoms with Crippen molar-refractivity contribution in [2.75, 3.05) is 49.2 Å². The SMILES string of the molecule is CCCc1cc(C(N)=Nc2c(N)nc(NCc3ccc(F)cc3)nc2N2CCNCC2)ccc1OC. The highest BCUT2D eigenvalue weighted by Crippen LogP contribution is 2.34. The molecule has 6 N–H and O–H groups in total. The third kappa shape index (κ3) is 6.01. The van der Waals surface area contributed by atoms with Crippen molar-refractivity contribution in [3.63, 3.8) is 0 Å². The van der Waals surface area contributed by atoms with E-state index in [0.717, 1.165) is 61.5 Å². The van der Waals surface area contributed by atoms with E-state index in [1.807, 2.05) is 18.2 Å². The van der Waals surface area contributed by atoms with Gasteiger partial charge in [-0.15, -0.1) is 0 Å². The predicted octanol–water partition coefficient (Wildman–Crippen LogP) is 3.22. The van der Waals surface area contributed by atoms with Gasteiger partial charge < -0.3 is 31.7 Å². The summed E-state index contributed by atoms with van der Waals surface area (Å²) in [7, 11) is 1.66. The number of methoxy groups -OCH3 is 1. The number of benzene rings is 2. The normalized spacial score (nSPS) is 14.1. The summed E-state index contributed by atoms with van der Waals surface area (Å²) in [5.41, 5.74) is 16.0. The number of hydrogen-bond donors (Lipinski definition) is 4. The van der Waals surface area contributed by atoms with Gasteiger partial charge >= 0.3 is 0 Å². The number of nitrogen functional groups attached to an aromatic ring is 1. The highest BCUT2D eigenvalue weighted by molar-refractivity contribution is 6.01. The first kappa shape index (κ1) is 25.2. The van der Waals surface area contributed by atoms with Crippen molar-refractivity contribution >= 4 is 29.1 Å². The maximum absolute atomic E-state index is 13.2. The number of nitrogens with zero attached hydrogens (tertiary/aromatic N) is 4. The van der Waals surface area contributed by atoms with E-state index in [1.165, 1.54) is 12.1 Å². The molecular weight excluding hydrogens is 459 g/mol. The molecule has 1 aromatic heterocycles. The Morgan fingerprint density at radius 2 is 1.92 bits per heavy atom. The standard InChI is InChI=1S/C26H33FN8O/c1-3-4-18-15-19(7-10-21(18)36-2)23(28)32-22-24(29)33-26(31-16-17-5-8-20(27)9-6-17)34-25(22)35-13-11-30-12-14-35/h5-10,15,30H,3-4,11-14,16H2,1-2H3,(H2,28,32)(H3,29,31,33,34). The van der Waals surface area contributed by atoms with Gasteiger partial charge in [0, 0.05) is 38.3 Å². The van der Waals surface area contributed by atoms with Crippen LogP contribution in [0.5, 0.6) is 5.75 Å². The summed E-state index contributed by atoms with van der Waals surface area (Å²) >= 11 is 0. The second-order valence-electron chi connectivity index (χ2n) is 8.60. The molecular formula is C26H33FN8O. The van der Waals surface area contributed by atoms with Gasteiger partial charge in [-0.3, -0.25) is 0 Å². The van der Waals surface area contributed by atoms with Crippen LogP contribution in [0, 0.1) is 5.82 Å². The number of hydrogen-bond acceptors (Lipinski definition) is 8. The third-order valence-corrected chi connectivity index (χ3v) is 6.00. The fourth-order valence-electron chi connectivity index (χ4n) is 4.11. The summed E-state index contributed by atoms with van der Waals surface area (Å²) in [4.78, 5) is 16.0. The lowest BCUT2D eigenvalue weighted by Crippen LogP contribution is -2.44. The van der Waals surface area contributed by atoms with Crippen LogP contribution in [-0.2, 0) is 13.0 Å². The third-order valence-electron chi connectivity index (χ3n) is 6.00. The Balaban J connectivity index is 1.67. The lowest BCUT2D eigenvalue weighted by atomic mass is 10.0. The van der Waals surface area contributed by atoms with Crippen molar-refractivity contribution in [2.24, 2.45) is 10.7 Å². The van der Waals surface area contributed by atoms with E-state index in [0.29, 0.717) is 29.8 Å². The van der Waals surface area contributed by atoms with Crippen molar-refractivity contribution in [2.45, 2.75) is 26.3 Å². The van der Waals surface area contributed by atoms with Crippen molar-refractivity contribution < 1.29 is 9.13 Å². The number of aromatic nitrogens is 2. The number of nitrogens with one attached hydrogen (secondary N) is 2. The van der Waals surface area contributed by atoms with E-state index in [9.17, 15) is 4.39 Å². The molecule has 2 heterocycles. The number of ether oxygens (including phenoxy) is 1. The van der Waals surface area contributed by atoms with Gasteiger partial charge in [0.1, 0.15) is 17.4 Å². The number of rotatable bonds is 9. The van der Waals surface area contributed by atoms with Gasteiger partial charge in [0.25, 0.3) is 0 Å². The van der Waals surface area contributed by atoms with Crippen LogP contribution in [0.15, 0.2) is 47.5 Å². The van der Waals surface area contributed by atoms with E-state index < -0.39 is 0 Å². The summed E-state index contributed by atoms with van der Waals surface area (Å²) in [5.74, 6) is 2.10. The molecule has 0 saturated carbocycles. The molecule has 0 radical (unpaired) electrons. The van der Waals surface area contributed by atoms with E-state index in [-0.39, 0.29) is 11.6 Å². The van der Waals surface area contributed by atoms with Crippen LogP contribution < -0.4 is 31.7 Å². The number of nitrogens with two attached hydrogens (primary N) is 2. The number of amidine groups is 1. The molecule has 0 atom stereocenters. The Morgan fingerprint density at radius 3 is 2.61 bits per heavy atom. The van der Waals surface area contributed by atoms with Gasteiger partial charge in [0.15, 0.2) is 17.3 Å². The fraction of sp³-hybridized carbons (Fsp3) is 0.346. The van der Waals surface area contributed by atoms with Gasteiger partial charge in [-0.25, -0.2) is 9.38 Å². The predicted molar refractivity (Wildman–Crippen MR) is 143 cm³/mol. The molecule has 1 aliphatic rings. The Hall–Kier alpha value is -3.92. The number of anilines is 3. The number of halogens is 1. The first-order chi connectivity index (χ1) is 17.5. The van der Waals surface area contributed by atoms with Crippen LogP contribution in [0.2, 0.25) is 0 Å². The molecule has 2 aromatic carbocycles. The summed E-state index contributed by atoms with van der Waals surface area (Å²) in [6.45, 7) is 5.68. The maximum atomic E-state index is 13.2. The average Bonchev–Trinajstić information content (AvgIpc) is 2.90.